The van der Waals surface area contributed by atoms with E-state index in [1.165, 1.54) is 0 Å². The van der Waals surface area contributed by atoms with Gasteiger partial charge in [-0.1, -0.05) is 36.4 Å². The second kappa shape index (κ2) is 8.69. The van der Waals surface area contributed by atoms with Crippen molar-refractivity contribution in [3.63, 3.8) is 0 Å². The van der Waals surface area contributed by atoms with Gasteiger partial charge in [-0.3, -0.25) is 9.59 Å². The molecular formula is C24H22N2O4. The Kier molecular flexibility index (Phi) is 5.66. The van der Waals surface area contributed by atoms with E-state index in [0.717, 1.165) is 12.0 Å². The van der Waals surface area contributed by atoms with Gasteiger partial charge in [0.2, 0.25) is 0 Å². The van der Waals surface area contributed by atoms with E-state index in [0.29, 0.717) is 35.0 Å². The Bertz CT molecular complexity index is 1070. The number of fused-ring (bicyclic) bond motifs is 1. The highest BCUT2D eigenvalue weighted by molar-refractivity contribution is 6.05. The molecule has 0 atom stereocenters. The van der Waals surface area contributed by atoms with Gasteiger partial charge < -0.3 is 19.7 Å². The van der Waals surface area contributed by atoms with E-state index in [-0.39, 0.29) is 18.4 Å². The quantitative estimate of drug-likeness (QED) is 0.679. The van der Waals surface area contributed by atoms with Gasteiger partial charge in [0.05, 0.1) is 12.8 Å². The molecule has 0 saturated carbocycles. The Morgan fingerprint density at radius 1 is 1.07 bits per heavy atom. The number of rotatable bonds is 6. The van der Waals surface area contributed by atoms with Crippen LogP contribution in [0.3, 0.4) is 0 Å². The molecule has 3 aromatic rings. The molecule has 30 heavy (non-hydrogen) atoms. The number of nitrogens with zero attached hydrogens (tertiary/aromatic N) is 1. The maximum atomic E-state index is 12.6. The van der Waals surface area contributed by atoms with Crippen LogP contribution in [0, 0.1) is 0 Å². The average Bonchev–Trinajstić information content (AvgIpc) is 2.79. The predicted molar refractivity (Wildman–Crippen MR) is 115 cm³/mol. The molecule has 1 aliphatic rings. The molecule has 4 rings (SSSR count). The summed E-state index contributed by atoms with van der Waals surface area (Å²) in [4.78, 5) is 26.8. The van der Waals surface area contributed by atoms with Crippen LogP contribution >= 0.6 is 0 Å². The first kappa shape index (κ1) is 19.5. The zero-order chi connectivity index (χ0) is 20.9. The van der Waals surface area contributed by atoms with Crippen molar-refractivity contribution >= 4 is 23.2 Å². The summed E-state index contributed by atoms with van der Waals surface area (Å²) in [5.74, 6) is 0.878. The average molecular weight is 402 g/mol. The maximum absolute atomic E-state index is 12.6. The third-order valence-corrected chi connectivity index (χ3v) is 4.96. The number of hydrogen-bond acceptors (Lipinski definition) is 4. The van der Waals surface area contributed by atoms with Gasteiger partial charge in [-0.05, 0) is 48.4 Å². The number of nitrogens with one attached hydrogen (secondary N) is 1. The highest BCUT2D eigenvalue weighted by Crippen LogP contribution is 2.35. The summed E-state index contributed by atoms with van der Waals surface area (Å²) < 4.78 is 10.8. The van der Waals surface area contributed by atoms with Gasteiger partial charge in [-0.2, -0.15) is 0 Å². The molecule has 0 saturated heterocycles. The van der Waals surface area contributed by atoms with Gasteiger partial charge in [0.15, 0.2) is 6.61 Å². The van der Waals surface area contributed by atoms with Gasteiger partial charge in [0.25, 0.3) is 11.8 Å². The van der Waals surface area contributed by atoms with Crippen molar-refractivity contribution in [1.82, 2.24) is 0 Å². The maximum Gasteiger partial charge on any atom is 0.265 e. The van der Waals surface area contributed by atoms with Crippen LogP contribution in [0.15, 0.2) is 72.8 Å². The number of methoxy groups -OCH3 is 1. The number of hydrogen-bond donors (Lipinski definition) is 1. The largest absolute Gasteiger partial charge is 0.497 e. The van der Waals surface area contributed by atoms with Gasteiger partial charge in [0, 0.05) is 17.8 Å². The van der Waals surface area contributed by atoms with E-state index in [2.05, 4.69) is 5.32 Å². The van der Waals surface area contributed by atoms with Crippen LogP contribution < -0.4 is 19.7 Å². The van der Waals surface area contributed by atoms with Gasteiger partial charge in [-0.25, -0.2) is 0 Å². The first-order valence-electron chi connectivity index (χ1n) is 9.70. The second-order valence-corrected chi connectivity index (χ2v) is 6.94. The van der Waals surface area contributed by atoms with Crippen LogP contribution in [0.5, 0.6) is 11.5 Å². The highest BCUT2D eigenvalue weighted by atomic mass is 16.5. The van der Waals surface area contributed by atoms with Crippen molar-refractivity contribution in [3.8, 4) is 11.5 Å². The Hall–Kier alpha value is -3.80. The monoisotopic (exact) mass is 402 g/mol. The fraction of sp³-hybridized carbons (Fsp3) is 0.167. The van der Waals surface area contributed by atoms with Crippen LogP contribution in [0.25, 0.3) is 0 Å². The van der Waals surface area contributed by atoms with Crippen molar-refractivity contribution < 1.29 is 19.1 Å². The fourth-order valence-corrected chi connectivity index (χ4v) is 3.38. The molecule has 0 unspecified atom stereocenters. The summed E-state index contributed by atoms with van der Waals surface area (Å²) in [7, 11) is 1.56. The number of carbonyl (C=O) groups excluding carboxylic acids is 2. The van der Waals surface area contributed by atoms with E-state index < -0.39 is 0 Å². The minimum Gasteiger partial charge on any atom is -0.497 e. The van der Waals surface area contributed by atoms with Crippen LogP contribution in [-0.4, -0.2) is 32.1 Å². The first-order valence-corrected chi connectivity index (χ1v) is 9.70. The Balaban J connectivity index is 1.53. The number of benzene rings is 3. The molecule has 0 radical (unpaired) electrons. The molecule has 0 aromatic heterocycles. The van der Waals surface area contributed by atoms with Gasteiger partial charge in [-0.15, -0.1) is 0 Å². The van der Waals surface area contributed by atoms with E-state index in [1.54, 1.807) is 54.5 Å². The second-order valence-electron chi connectivity index (χ2n) is 6.94. The zero-order valence-corrected chi connectivity index (χ0v) is 16.6. The van der Waals surface area contributed by atoms with Crippen LogP contribution in [0.1, 0.15) is 15.9 Å². The fourth-order valence-electron chi connectivity index (χ4n) is 3.38. The predicted octanol–water partition coefficient (Wildman–Crippen LogP) is 3.92. The summed E-state index contributed by atoms with van der Waals surface area (Å²) in [6.07, 6.45) is 0.729. The molecule has 1 aliphatic heterocycles. The smallest absolute Gasteiger partial charge is 0.265 e. The van der Waals surface area contributed by atoms with E-state index in [4.69, 9.17) is 9.47 Å². The Morgan fingerprint density at radius 3 is 2.70 bits per heavy atom. The normalized spacial score (nSPS) is 12.7. The standard InChI is InChI=1S/C24H22N2O4/c1-29-20-9-5-8-18(14-20)24(28)25-19-10-11-22-21(15-19)26(23(27)16-30-22)13-12-17-6-3-2-4-7-17/h2-11,14-15H,12-13,16H2,1H3,(H,25,28). The molecule has 152 valence electrons. The lowest BCUT2D eigenvalue weighted by Crippen LogP contribution is -2.40. The topological polar surface area (TPSA) is 67.9 Å². The number of anilines is 2. The zero-order valence-electron chi connectivity index (χ0n) is 16.6. The van der Waals surface area contributed by atoms with Gasteiger partial charge >= 0.3 is 0 Å². The SMILES string of the molecule is COc1cccc(C(=O)Nc2ccc3c(c2)N(CCc2ccccc2)C(=O)CO3)c1. The Labute approximate surface area is 175 Å². The van der Waals surface area contributed by atoms with Crippen LogP contribution in [0.4, 0.5) is 11.4 Å². The minimum absolute atomic E-state index is 0.0112. The molecule has 1 N–H and O–H groups in total. The summed E-state index contributed by atoms with van der Waals surface area (Å²) in [5, 5.41) is 2.88. The Morgan fingerprint density at radius 2 is 1.90 bits per heavy atom. The van der Waals surface area contributed by atoms with Crippen LogP contribution in [0.2, 0.25) is 0 Å². The lowest BCUT2D eigenvalue weighted by molar-refractivity contribution is -0.121. The van der Waals surface area contributed by atoms with E-state index in [1.807, 2.05) is 30.3 Å². The van der Waals surface area contributed by atoms with E-state index >= 15 is 0 Å². The molecule has 0 fully saturated rings. The molecule has 6 heteroatoms. The number of carbonyl (C=O) groups is 2. The molecule has 2 amide bonds. The number of ether oxygens (including phenoxy) is 2. The molecular weight excluding hydrogens is 380 g/mol. The van der Waals surface area contributed by atoms with Crippen molar-refractivity contribution in [2.24, 2.45) is 0 Å². The van der Waals surface area contributed by atoms with Crippen LogP contribution in [-0.2, 0) is 11.2 Å². The van der Waals surface area contributed by atoms with E-state index in [9.17, 15) is 9.59 Å². The molecule has 0 spiro atoms. The summed E-state index contributed by atoms with van der Waals surface area (Å²) in [5.41, 5.74) is 2.89. The first-order chi connectivity index (χ1) is 14.6. The highest BCUT2D eigenvalue weighted by Gasteiger charge is 2.25. The summed E-state index contributed by atoms with van der Waals surface area (Å²) >= 11 is 0. The third kappa shape index (κ3) is 4.27. The molecule has 1 heterocycles. The van der Waals surface area contributed by atoms with Crippen molar-refractivity contribution in [2.45, 2.75) is 6.42 Å². The van der Waals surface area contributed by atoms with Gasteiger partial charge in [0.1, 0.15) is 11.5 Å². The summed E-state index contributed by atoms with van der Waals surface area (Å²) in [6.45, 7) is 0.545. The lowest BCUT2D eigenvalue weighted by atomic mass is 10.1. The molecule has 6 nitrogen and oxygen atoms in total. The van der Waals surface area contributed by atoms with Crippen molar-refractivity contribution in [1.29, 1.82) is 0 Å². The number of amides is 2. The molecule has 0 bridgehead atoms. The van der Waals surface area contributed by atoms with Crippen molar-refractivity contribution in [2.75, 3.05) is 30.5 Å². The lowest BCUT2D eigenvalue weighted by Gasteiger charge is -2.30. The molecule has 3 aromatic carbocycles. The molecule has 0 aliphatic carbocycles. The summed E-state index contributed by atoms with van der Waals surface area (Å²) in [6, 6.07) is 22.3. The minimum atomic E-state index is -0.257. The van der Waals surface area contributed by atoms with Crippen molar-refractivity contribution in [3.05, 3.63) is 83.9 Å². The third-order valence-electron chi connectivity index (χ3n) is 4.96.